The first kappa shape index (κ1) is 17.3. The standard InChI is InChI=1S/C14H20O6S/c1-5-6-10(2)21(16,17)20-12-8-7-11(14(15)19-4)9-13(12)18-3/h7-10H,5-6H2,1-4H3. The Morgan fingerprint density at radius 3 is 2.43 bits per heavy atom. The molecule has 1 atom stereocenters. The van der Waals surface area contributed by atoms with Crippen LogP contribution in [0.15, 0.2) is 18.2 Å². The van der Waals surface area contributed by atoms with E-state index in [0.29, 0.717) is 6.42 Å². The third-order valence-corrected chi connectivity index (χ3v) is 4.61. The molecule has 0 fully saturated rings. The molecule has 7 heteroatoms. The van der Waals surface area contributed by atoms with Gasteiger partial charge in [0.05, 0.1) is 25.0 Å². The van der Waals surface area contributed by atoms with Gasteiger partial charge in [0.15, 0.2) is 11.5 Å². The van der Waals surface area contributed by atoms with E-state index in [0.717, 1.165) is 6.42 Å². The van der Waals surface area contributed by atoms with E-state index in [9.17, 15) is 13.2 Å². The second kappa shape index (κ2) is 7.31. The summed E-state index contributed by atoms with van der Waals surface area (Å²) < 4.78 is 38.9. The van der Waals surface area contributed by atoms with Crippen molar-refractivity contribution < 1.29 is 26.9 Å². The maximum atomic E-state index is 12.1. The summed E-state index contributed by atoms with van der Waals surface area (Å²) in [4.78, 5) is 11.4. The number of carbonyl (C=O) groups is 1. The van der Waals surface area contributed by atoms with E-state index >= 15 is 0 Å². The second-order valence-corrected chi connectivity index (χ2v) is 6.49. The summed E-state index contributed by atoms with van der Waals surface area (Å²) in [6, 6.07) is 4.17. The number of benzene rings is 1. The molecular weight excluding hydrogens is 296 g/mol. The van der Waals surface area contributed by atoms with Gasteiger partial charge in [0.2, 0.25) is 0 Å². The second-order valence-electron chi connectivity index (χ2n) is 4.53. The third kappa shape index (κ3) is 4.35. The van der Waals surface area contributed by atoms with Crippen LogP contribution in [-0.2, 0) is 14.9 Å². The number of carbonyl (C=O) groups excluding carboxylic acids is 1. The lowest BCUT2D eigenvalue weighted by molar-refractivity contribution is 0.0600. The Kier molecular flexibility index (Phi) is 6.02. The van der Waals surface area contributed by atoms with Gasteiger partial charge in [0.25, 0.3) is 0 Å². The molecule has 0 aliphatic carbocycles. The van der Waals surface area contributed by atoms with Gasteiger partial charge in [-0.3, -0.25) is 0 Å². The summed E-state index contributed by atoms with van der Waals surface area (Å²) in [6.45, 7) is 3.49. The van der Waals surface area contributed by atoms with Crippen molar-refractivity contribution in [2.24, 2.45) is 0 Å². The number of esters is 1. The van der Waals surface area contributed by atoms with E-state index in [1.54, 1.807) is 6.92 Å². The Bertz CT molecular complexity index is 593. The molecule has 1 aromatic carbocycles. The molecule has 0 amide bonds. The number of hydrogen-bond acceptors (Lipinski definition) is 6. The molecule has 0 N–H and O–H groups in total. The molecule has 0 radical (unpaired) electrons. The molecule has 21 heavy (non-hydrogen) atoms. The van der Waals surface area contributed by atoms with Gasteiger partial charge in [-0.25, -0.2) is 4.79 Å². The Morgan fingerprint density at radius 1 is 1.24 bits per heavy atom. The molecule has 1 unspecified atom stereocenters. The fourth-order valence-corrected chi connectivity index (χ4v) is 2.82. The van der Waals surface area contributed by atoms with Gasteiger partial charge >= 0.3 is 16.1 Å². The van der Waals surface area contributed by atoms with Crippen LogP contribution < -0.4 is 8.92 Å². The van der Waals surface area contributed by atoms with E-state index in [-0.39, 0.29) is 17.1 Å². The van der Waals surface area contributed by atoms with Gasteiger partial charge in [-0.2, -0.15) is 8.42 Å². The topological polar surface area (TPSA) is 78.9 Å². The first-order chi connectivity index (χ1) is 9.85. The number of ether oxygens (including phenoxy) is 2. The van der Waals surface area contributed by atoms with Crippen molar-refractivity contribution in [2.75, 3.05) is 14.2 Å². The molecule has 0 saturated carbocycles. The van der Waals surface area contributed by atoms with Crippen molar-refractivity contribution in [1.29, 1.82) is 0 Å². The van der Waals surface area contributed by atoms with Gasteiger partial charge in [0.1, 0.15) is 0 Å². The summed E-state index contributed by atoms with van der Waals surface area (Å²) in [5.74, 6) is -0.333. The van der Waals surface area contributed by atoms with Crippen LogP contribution in [0, 0.1) is 0 Å². The minimum Gasteiger partial charge on any atom is -0.493 e. The highest BCUT2D eigenvalue weighted by atomic mass is 32.2. The zero-order valence-corrected chi connectivity index (χ0v) is 13.4. The van der Waals surface area contributed by atoms with Gasteiger partial charge in [-0.05, 0) is 31.5 Å². The van der Waals surface area contributed by atoms with Crippen molar-refractivity contribution in [3.05, 3.63) is 23.8 Å². The summed E-state index contributed by atoms with van der Waals surface area (Å²) in [7, 11) is -1.12. The van der Waals surface area contributed by atoms with E-state index in [4.69, 9.17) is 8.92 Å². The molecule has 1 aromatic rings. The maximum Gasteiger partial charge on any atom is 0.337 e. The number of hydrogen-bond donors (Lipinski definition) is 0. The fourth-order valence-electron chi connectivity index (χ4n) is 1.74. The molecule has 0 bridgehead atoms. The zero-order chi connectivity index (χ0) is 16.0. The molecule has 6 nitrogen and oxygen atoms in total. The largest absolute Gasteiger partial charge is 0.493 e. The predicted octanol–water partition coefficient (Wildman–Crippen LogP) is 2.38. The first-order valence-electron chi connectivity index (χ1n) is 6.55. The quantitative estimate of drug-likeness (QED) is 0.567. The molecule has 0 saturated heterocycles. The van der Waals surface area contributed by atoms with Crippen molar-refractivity contribution >= 4 is 16.1 Å². The highest BCUT2D eigenvalue weighted by Gasteiger charge is 2.24. The Hall–Kier alpha value is -1.76. The molecule has 0 spiro atoms. The van der Waals surface area contributed by atoms with Crippen LogP contribution in [0.2, 0.25) is 0 Å². The SMILES string of the molecule is CCCC(C)S(=O)(=O)Oc1ccc(C(=O)OC)cc1OC. The number of rotatable bonds is 7. The van der Waals surface area contributed by atoms with Crippen LogP contribution in [0.4, 0.5) is 0 Å². The molecular formula is C14H20O6S. The third-order valence-electron chi connectivity index (χ3n) is 2.98. The predicted molar refractivity (Wildman–Crippen MR) is 78.3 cm³/mol. The lowest BCUT2D eigenvalue weighted by Crippen LogP contribution is -2.23. The van der Waals surface area contributed by atoms with E-state index in [1.807, 2.05) is 6.92 Å². The van der Waals surface area contributed by atoms with Crippen molar-refractivity contribution in [3.8, 4) is 11.5 Å². The number of methoxy groups -OCH3 is 2. The Labute approximate surface area is 125 Å². The molecule has 0 aromatic heterocycles. The maximum absolute atomic E-state index is 12.1. The van der Waals surface area contributed by atoms with Gasteiger partial charge in [0, 0.05) is 0 Å². The lowest BCUT2D eigenvalue weighted by atomic mass is 10.2. The monoisotopic (exact) mass is 316 g/mol. The van der Waals surface area contributed by atoms with Crippen LogP contribution in [0.25, 0.3) is 0 Å². The van der Waals surface area contributed by atoms with Gasteiger partial charge in [-0.1, -0.05) is 13.3 Å². The molecule has 118 valence electrons. The molecule has 0 aliphatic heterocycles. The average Bonchev–Trinajstić information content (AvgIpc) is 2.46. The highest BCUT2D eigenvalue weighted by Crippen LogP contribution is 2.30. The molecule has 0 heterocycles. The first-order valence-corrected chi connectivity index (χ1v) is 8.02. The minimum atomic E-state index is -3.74. The van der Waals surface area contributed by atoms with Gasteiger partial charge in [-0.15, -0.1) is 0 Å². The minimum absolute atomic E-state index is 0.0492. The van der Waals surface area contributed by atoms with Gasteiger partial charge < -0.3 is 13.7 Å². The normalized spacial score (nSPS) is 12.6. The average molecular weight is 316 g/mol. The van der Waals surface area contributed by atoms with Crippen LogP contribution in [0.3, 0.4) is 0 Å². The molecule has 1 rings (SSSR count). The molecule has 0 aliphatic rings. The highest BCUT2D eigenvalue weighted by molar-refractivity contribution is 7.87. The summed E-state index contributed by atoms with van der Waals surface area (Å²) in [5, 5.41) is -0.618. The van der Waals surface area contributed by atoms with E-state index < -0.39 is 21.3 Å². The summed E-state index contributed by atoms with van der Waals surface area (Å²) in [6.07, 6.45) is 1.24. The Balaban J connectivity index is 3.06. The lowest BCUT2D eigenvalue weighted by Gasteiger charge is -2.15. The van der Waals surface area contributed by atoms with E-state index in [1.165, 1.54) is 32.4 Å². The van der Waals surface area contributed by atoms with Crippen molar-refractivity contribution in [2.45, 2.75) is 31.9 Å². The smallest absolute Gasteiger partial charge is 0.337 e. The zero-order valence-electron chi connectivity index (χ0n) is 12.6. The van der Waals surface area contributed by atoms with Crippen LogP contribution >= 0.6 is 0 Å². The van der Waals surface area contributed by atoms with Crippen molar-refractivity contribution in [3.63, 3.8) is 0 Å². The summed E-state index contributed by atoms with van der Waals surface area (Å²) >= 11 is 0. The van der Waals surface area contributed by atoms with E-state index in [2.05, 4.69) is 4.74 Å². The van der Waals surface area contributed by atoms with Crippen molar-refractivity contribution in [1.82, 2.24) is 0 Å². The summed E-state index contributed by atoms with van der Waals surface area (Å²) in [5.41, 5.74) is 0.251. The van der Waals surface area contributed by atoms with Crippen LogP contribution in [-0.4, -0.2) is 33.9 Å². The fraction of sp³-hybridized carbons (Fsp3) is 0.500. The van der Waals surface area contributed by atoms with Crippen LogP contribution in [0.1, 0.15) is 37.0 Å². The Morgan fingerprint density at radius 2 is 1.90 bits per heavy atom. The van der Waals surface area contributed by atoms with Crippen LogP contribution in [0.5, 0.6) is 11.5 Å².